The number of carbonyl (C=O) groups excluding carboxylic acids is 1. The van der Waals surface area contributed by atoms with Crippen molar-refractivity contribution in [3.05, 3.63) is 30.7 Å². The SMILES string of the molecule is CC(C)n1nccc1NC(=O)CSc1nnc(-c2ccco2)n1N. The van der Waals surface area contributed by atoms with Crippen molar-refractivity contribution in [3.63, 3.8) is 0 Å². The van der Waals surface area contributed by atoms with Crippen molar-refractivity contribution in [2.75, 3.05) is 16.9 Å². The third kappa shape index (κ3) is 3.27. The van der Waals surface area contributed by atoms with Crippen molar-refractivity contribution in [3.8, 4) is 11.6 Å². The molecule has 0 aromatic carbocycles. The lowest BCUT2D eigenvalue weighted by molar-refractivity contribution is -0.113. The Kier molecular flexibility index (Phi) is 4.56. The van der Waals surface area contributed by atoms with Crippen LogP contribution in [0.15, 0.2) is 40.2 Å². The lowest BCUT2D eigenvalue weighted by Crippen LogP contribution is -2.19. The third-order valence-corrected chi connectivity index (χ3v) is 4.11. The summed E-state index contributed by atoms with van der Waals surface area (Å²) in [4.78, 5) is 12.1. The molecule has 9 nitrogen and oxygen atoms in total. The molecule has 3 rings (SSSR count). The summed E-state index contributed by atoms with van der Waals surface area (Å²) in [7, 11) is 0. The molecule has 0 radical (unpaired) electrons. The van der Waals surface area contributed by atoms with E-state index in [0.717, 1.165) is 0 Å². The van der Waals surface area contributed by atoms with Crippen molar-refractivity contribution >= 4 is 23.5 Å². The maximum atomic E-state index is 12.1. The fraction of sp³-hybridized carbons (Fsp3) is 0.286. The van der Waals surface area contributed by atoms with Crippen LogP contribution in [-0.4, -0.2) is 36.3 Å². The molecular formula is C14H17N7O2S. The first-order valence-electron chi connectivity index (χ1n) is 7.26. The summed E-state index contributed by atoms with van der Waals surface area (Å²) in [6.07, 6.45) is 3.18. The van der Waals surface area contributed by atoms with Crippen LogP contribution < -0.4 is 11.2 Å². The zero-order valence-electron chi connectivity index (χ0n) is 13.2. The first-order valence-corrected chi connectivity index (χ1v) is 8.25. The number of hydrogen-bond donors (Lipinski definition) is 2. The highest BCUT2D eigenvalue weighted by atomic mass is 32.2. The Balaban J connectivity index is 1.62. The number of anilines is 1. The maximum Gasteiger partial charge on any atom is 0.235 e. The molecule has 126 valence electrons. The van der Waals surface area contributed by atoms with Crippen LogP contribution in [0.3, 0.4) is 0 Å². The lowest BCUT2D eigenvalue weighted by Gasteiger charge is -2.11. The number of thioether (sulfide) groups is 1. The highest BCUT2D eigenvalue weighted by molar-refractivity contribution is 7.99. The van der Waals surface area contributed by atoms with Gasteiger partial charge in [0.2, 0.25) is 16.9 Å². The Morgan fingerprint density at radius 2 is 2.25 bits per heavy atom. The molecule has 0 atom stereocenters. The highest BCUT2D eigenvalue weighted by Crippen LogP contribution is 2.22. The van der Waals surface area contributed by atoms with E-state index in [2.05, 4.69) is 20.6 Å². The van der Waals surface area contributed by atoms with E-state index in [1.807, 2.05) is 13.8 Å². The van der Waals surface area contributed by atoms with Crippen molar-refractivity contribution in [2.24, 2.45) is 0 Å². The van der Waals surface area contributed by atoms with Crippen LogP contribution in [0.5, 0.6) is 0 Å². The van der Waals surface area contributed by atoms with Gasteiger partial charge in [0.05, 0.1) is 18.2 Å². The summed E-state index contributed by atoms with van der Waals surface area (Å²) in [6, 6.07) is 5.39. The molecular weight excluding hydrogens is 330 g/mol. The van der Waals surface area contributed by atoms with E-state index in [-0.39, 0.29) is 17.7 Å². The quantitative estimate of drug-likeness (QED) is 0.515. The number of amides is 1. The molecule has 0 aliphatic carbocycles. The Labute approximate surface area is 142 Å². The number of nitrogens with two attached hydrogens (primary N) is 1. The van der Waals surface area contributed by atoms with E-state index in [9.17, 15) is 4.79 Å². The molecule has 24 heavy (non-hydrogen) atoms. The van der Waals surface area contributed by atoms with Gasteiger partial charge in [-0.25, -0.2) is 9.36 Å². The van der Waals surface area contributed by atoms with Gasteiger partial charge in [-0.15, -0.1) is 10.2 Å². The van der Waals surface area contributed by atoms with E-state index in [1.54, 1.807) is 29.1 Å². The maximum absolute atomic E-state index is 12.1. The molecule has 10 heteroatoms. The van der Waals surface area contributed by atoms with Crippen molar-refractivity contribution in [2.45, 2.75) is 25.0 Å². The molecule has 3 aromatic heterocycles. The minimum atomic E-state index is -0.176. The number of hydrogen-bond acceptors (Lipinski definition) is 7. The number of nitrogen functional groups attached to an aromatic ring is 1. The van der Waals surface area contributed by atoms with Gasteiger partial charge < -0.3 is 15.6 Å². The average molecular weight is 347 g/mol. The van der Waals surface area contributed by atoms with E-state index in [1.165, 1.54) is 22.7 Å². The predicted molar refractivity (Wildman–Crippen MR) is 89.8 cm³/mol. The number of nitrogens with zero attached hydrogens (tertiary/aromatic N) is 5. The van der Waals surface area contributed by atoms with E-state index < -0.39 is 0 Å². The summed E-state index contributed by atoms with van der Waals surface area (Å²) in [5.41, 5.74) is 0. The predicted octanol–water partition coefficient (Wildman–Crippen LogP) is 1.76. The molecule has 0 saturated carbocycles. The number of nitrogens with one attached hydrogen (secondary N) is 1. The van der Waals surface area contributed by atoms with Crippen LogP contribution in [0.4, 0.5) is 5.82 Å². The fourth-order valence-corrected chi connectivity index (χ4v) is 2.74. The number of aromatic nitrogens is 5. The standard InChI is InChI=1S/C14H17N7O2S/c1-9(2)21-11(5-6-16-21)17-12(22)8-24-14-19-18-13(20(14)15)10-4-3-7-23-10/h3-7,9H,8,15H2,1-2H3,(H,17,22). The molecule has 3 aromatic rings. The molecule has 1 amide bonds. The number of rotatable bonds is 6. The monoisotopic (exact) mass is 347 g/mol. The van der Waals surface area contributed by atoms with Crippen LogP contribution in [0.25, 0.3) is 11.6 Å². The first kappa shape index (κ1) is 16.1. The summed E-state index contributed by atoms with van der Waals surface area (Å²) >= 11 is 1.19. The lowest BCUT2D eigenvalue weighted by atomic mass is 10.4. The van der Waals surface area contributed by atoms with Gasteiger partial charge in [-0.3, -0.25) is 4.79 Å². The smallest absolute Gasteiger partial charge is 0.235 e. The van der Waals surface area contributed by atoms with Gasteiger partial charge in [-0.05, 0) is 26.0 Å². The van der Waals surface area contributed by atoms with Crippen LogP contribution in [0.2, 0.25) is 0 Å². The first-order chi connectivity index (χ1) is 11.6. The highest BCUT2D eigenvalue weighted by Gasteiger charge is 2.16. The van der Waals surface area contributed by atoms with E-state index in [0.29, 0.717) is 22.6 Å². The molecule has 0 unspecified atom stereocenters. The molecule has 0 aliphatic heterocycles. The summed E-state index contributed by atoms with van der Waals surface area (Å²) in [5, 5.41) is 15.4. The van der Waals surface area contributed by atoms with Crippen molar-refractivity contribution in [1.82, 2.24) is 24.7 Å². The fourth-order valence-electron chi connectivity index (χ4n) is 2.08. The average Bonchev–Trinajstić information content (AvgIpc) is 3.25. The van der Waals surface area contributed by atoms with Crippen LogP contribution in [0, 0.1) is 0 Å². The topological polar surface area (TPSA) is 117 Å². The van der Waals surface area contributed by atoms with Crippen LogP contribution in [0.1, 0.15) is 19.9 Å². The second-order valence-corrected chi connectivity index (χ2v) is 6.19. The summed E-state index contributed by atoms with van der Waals surface area (Å²) in [6.45, 7) is 3.98. The second kappa shape index (κ2) is 6.79. The van der Waals surface area contributed by atoms with Crippen LogP contribution in [-0.2, 0) is 4.79 Å². The summed E-state index contributed by atoms with van der Waals surface area (Å²) in [5.74, 6) is 7.49. The molecule has 0 fully saturated rings. The normalized spacial score (nSPS) is 11.1. The molecule has 0 saturated heterocycles. The van der Waals surface area contributed by atoms with Crippen LogP contribution >= 0.6 is 11.8 Å². The van der Waals surface area contributed by atoms with Gasteiger partial charge in [0, 0.05) is 12.1 Å². The minimum Gasteiger partial charge on any atom is -0.461 e. The van der Waals surface area contributed by atoms with Crippen molar-refractivity contribution in [1.29, 1.82) is 0 Å². The Morgan fingerprint density at radius 3 is 2.96 bits per heavy atom. The van der Waals surface area contributed by atoms with Crippen molar-refractivity contribution < 1.29 is 9.21 Å². The largest absolute Gasteiger partial charge is 0.461 e. The number of furan rings is 1. The number of carbonyl (C=O) groups is 1. The van der Waals surface area contributed by atoms with Gasteiger partial charge in [0.15, 0.2) is 5.76 Å². The molecule has 3 heterocycles. The second-order valence-electron chi connectivity index (χ2n) is 5.25. The minimum absolute atomic E-state index is 0.150. The van der Waals surface area contributed by atoms with Gasteiger partial charge in [-0.1, -0.05) is 11.8 Å². The zero-order valence-corrected chi connectivity index (χ0v) is 14.0. The molecule has 3 N–H and O–H groups in total. The van der Waals surface area contributed by atoms with Gasteiger partial charge in [0.25, 0.3) is 0 Å². The molecule has 0 spiro atoms. The Morgan fingerprint density at radius 1 is 1.42 bits per heavy atom. The van der Waals surface area contributed by atoms with Gasteiger partial charge >= 0.3 is 0 Å². The van der Waals surface area contributed by atoms with Gasteiger partial charge in [0.1, 0.15) is 5.82 Å². The Hall–Kier alpha value is -2.75. The molecule has 0 bridgehead atoms. The summed E-state index contributed by atoms with van der Waals surface area (Å²) < 4.78 is 8.28. The van der Waals surface area contributed by atoms with E-state index >= 15 is 0 Å². The third-order valence-electron chi connectivity index (χ3n) is 3.17. The van der Waals surface area contributed by atoms with E-state index in [4.69, 9.17) is 10.3 Å². The molecule has 0 aliphatic rings. The zero-order chi connectivity index (χ0) is 17.1. The Bertz CT molecular complexity index is 822. The van der Waals surface area contributed by atoms with Gasteiger partial charge in [-0.2, -0.15) is 5.10 Å².